The van der Waals surface area contributed by atoms with Crippen molar-refractivity contribution in [2.24, 2.45) is 5.92 Å². The van der Waals surface area contributed by atoms with Gasteiger partial charge in [0.2, 0.25) is 5.91 Å². The highest BCUT2D eigenvalue weighted by molar-refractivity contribution is 5.96. The number of aromatic nitrogens is 1. The molecule has 0 spiro atoms. The van der Waals surface area contributed by atoms with Crippen molar-refractivity contribution in [3.05, 3.63) is 69.1 Å². The summed E-state index contributed by atoms with van der Waals surface area (Å²) in [5.41, 5.74) is 2.65. The summed E-state index contributed by atoms with van der Waals surface area (Å²) in [7, 11) is 0. The van der Waals surface area contributed by atoms with E-state index in [9.17, 15) is 19.5 Å². The number of carbonyl (C=O) groups is 2. The molecule has 2 N–H and O–H groups in total. The molecule has 162 valence electrons. The summed E-state index contributed by atoms with van der Waals surface area (Å²) in [6.07, 6.45) is 3.72. The average molecular weight is 421 g/mol. The van der Waals surface area contributed by atoms with Gasteiger partial charge in [-0.1, -0.05) is 30.3 Å². The van der Waals surface area contributed by atoms with Crippen molar-refractivity contribution in [1.82, 2.24) is 14.8 Å². The summed E-state index contributed by atoms with van der Waals surface area (Å²) in [6.45, 7) is 1.85. The van der Waals surface area contributed by atoms with Crippen molar-refractivity contribution in [1.29, 1.82) is 0 Å². The molecule has 7 heteroatoms. The predicted octanol–water partition coefficient (Wildman–Crippen LogP) is 1.66. The summed E-state index contributed by atoms with van der Waals surface area (Å²) >= 11 is 0. The number of hydrogen-bond donors (Lipinski definition) is 2. The Labute approximate surface area is 180 Å². The molecule has 1 aromatic heterocycles. The predicted molar refractivity (Wildman–Crippen MR) is 115 cm³/mol. The van der Waals surface area contributed by atoms with Crippen molar-refractivity contribution in [2.75, 3.05) is 19.6 Å². The van der Waals surface area contributed by atoms with Crippen LogP contribution in [0.4, 0.5) is 0 Å². The molecule has 1 saturated carbocycles. The molecule has 7 nitrogen and oxygen atoms in total. The topological polar surface area (TPSA) is 93.7 Å². The molecule has 2 aliphatic heterocycles. The number of H-pyrrole nitrogens is 1. The average Bonchev–Trinajstić information content (AvgIpc) is 3.60. The molecule has 0 unspecified atom stereocenters. The lowest BCUT2D eigenvalue weighted by Crippen LogP contribution is -2.44. The number of carbonyl (C=O) groups excluding carboxylic acids is 2. The van der Waals surface area contributed by atoms with E-state index in [4.69, 9.17) is 0 Å². The number of likely N-dealkylation sites (tertiary alicyclic amines) is 1. The van der Waals surface area contributed by atoms with Crippen LogP contribution in [0.15, 0.2) is 41.3 Å². The number of nitrogens with zero attached hydrogens (tertiary/aromatic N) is 2. The van der Waals surface area contributed by atoms with E-state index < -0.39 is 0 Å². The molecule has 0 bridgehead atoms. The molecule has 2 amide bonds. The van der Waals surface area contributed by atoms with Gasteiger partial charge in [-0.2, -0.15) is 0 Å². The van der Waals surface area contributed by atoms with Crippen LogP contribution in [0.25, 0.3) is 0 Å². The normalized spacial score (nSPS) is 23.4. The zero-order valence-electron chi connectivity index (χ0n) is 17.4. The first-order valence-electron chi connectivity index (χ1n) is 11.1. The van der Waals surface area contributed by atoms with E-state index in [0.717, 1.165) is 17.5 Å². The lowest BCUT2D eigenvalue weighted by Gasteiger charge is -2.32. The number of aliphatic hydroxyl groups is 1. The molecule has 1 aliphatic carbocycles. The van der Waals surface area contributed by atoms with Crippen LogP contribution in [-0.2, 0) is 17.8 Å². The Morgan fingerprint density at radius 1 is 1.03 bits per heavy atom. The Hall–Kier alpha value is -2.93. The number of fused-ring (bicyclic) bond motifs is 1. The van der Waals surface area contributed by atoms with Crippen molar-refractivity contribution in [3.63, 3.8) is 0 Å². The van der Waals surface area contributed by atoms with E-state index in [2.05, 4.69) is 17.1 Å². The fraction of sp³-hybridized carbons (Fsp3) is 0.458. The van der Waals surface area contributed by atoms with Crippen molar-refractivity contribution >= 4 is 11.8 Å². The summed E-state index contributed by atoms with van der Waals surface area (Å²) < 4.78 is 0. The Bertz CT molecular complexity index is 1060. The second-order valence-electron chi connectivity index (χ2n) is 8.89. The maximum absolute atomic E-state index is 13.1. The number of aliphatic hydroxyl groups excluding tert-OH is 1. The van der Waals surface area contributed by atoms with Crippen LogP contribution in [0.2, 0.25) is 0 Å². The molecule has 0 radical (unpaired) electrons. The van der Waals surface area contributed by atoms with Crippen molar-refractivity contribution in [2.45, 2.75) is 44.2 Å². The van der Waals surface area contributed by atoms with Crippen LogP contribution in [0.3, 0.4) is 0 Å². The van der Waals surface area contributed by atoms with E-state index in [0.29, 0.717) is 45.4 Å². The van der Waals surface area contributed by atoms with Gasteiger partial charge in [-0.3, -0.25) is 14.4 Å². The first-order valence-corrected chi connectivity index (χ1v) is 11.1. The molecule has 3 aliphatic rings. The number of nitrogens with one attached hydrogen (secondary N) is 1. The Kier molecular flexibility index (Phi) is 5.14. The van der Waals surface area contributed by atoms with Gasteiger partial charge in [0.05, 0.1) is 6.10 Å². The Morgan fingerprint density at radius 3 is 2.52 bits per heavy atom. The lowest BCUT2D eigenvalue weighted by molar-refractivity contribution is -0.133. The maximum atomic E-state index is 13.1. The molecule has 2 aromatic rings. The minimum Gasteiger partial charge on any atom is -0.393 e. The Balaban J connectivity index is 1.32. The number of aromatic amines is 1. The van der Waals surface area contributed by atoms with Crippen LogP contribution in [0.1, 0.15) is 52.2 Å². The van der Waals surface area contributed by atoms with Crippen LogP contribution in [-0.4, -0.2) is 57.4 Å². The monoisotopic (exact) mass is 421 g/mol. The van der Waals surface area contributed by atoms with Gasteiger partial charge in [0.15, 0.2) is 0 Å². The summed E-state index contributed by atoms with van der Waals surface area (Å²) in [5, 5.41) is 9.71. The molecule has 2 fully saturated rings. The third kappa shape index (κ3) is 3.78. The number of benzene rings is 1. The SMILES string of the molecule is O=C(c1c2c(c[nH]c1=O)CN(C(=O)[C@@H]1C[C@H]1c1ccccc1)CC2)N1CCC(O)CC1. The smallest absolute Gasteiger partial charge is 0.261 e. The number of amides is 2. The van der Waals surface area contributed by atoms with Gasteiger partial charge in [-0.25, -0.2) is 0 Å². The molecule has 1 aromatic carbocycles. The minimum atomic E-state index is -0.381. The van der Waals surface area contributed by atoms with E-state index >= 15 is 0 Å². The zero-order valence-corrected chi connectivity index (χ0v) is 17.4. The highest BCUT2D eigenvalue weighted by Gasteiger charge is 2.46. The molecular weight excluding hydrogens is 394 g/mol. The third-order valence-corrected chi connectivity index (χ3v) is 6.90. The van der Waals surface area contributed by atoms with Gasteiger partial charge < -0.3 is 19.9 Å². The molecule has 5 rings (SSSR count). The van der Waals surface area contributed by atoms with Crippen LogP contribution >= 0.6 is 0 Å². The van der Waals surface area contributed by atoms with Crippen LogP contribution < -0.4 is 5.56 Å². The molecular formula is C24H27N3O4. The minimum absolute atomic E-state index is 0.0209. The van der Waals surface area contributed by atoms with Gasteiger partial charge in [-0.05, 0) is 48.3 Å². The molecule has 2 atom stereocenters. The van der Waals surface area contributed by atoms with Gasteiger partial charge in [-0.15, -0.1) is 0 Å². The second kappa shape index (κ2) is 7.96. The second-order valence-corrected chi connectivity index (χ2v) is 8.89. The summed E-state index contributed by atoms with van der Waals surface area (Å²) in [6, 6.07) is 10.1. The van der Waals surface area contributed by atoms with Crippen LogP contribution in [0, 0.1) is 5.92 Å². The van der Waals surface area contributed by atoms with E-state index in [-0.39, 0.29) is 40.9 Å². The Morgan fingerprint density at radius 2 is 1.77 bits per heavy atom. The molecule has 3 heterocycles. The number of rotatable bonds is 3. The quantitative estimate of drug-likeness (QED) is 0.788. The number of pyridine rings is 1. The lowest BCUT2D eigenvalue weighted by atomic mass is 9.95. The fourth-order valence-electron chi connectivity index (χ4n) is 4.98. The van der Waals surface area contributed by atoms with Gasteiger partial charge >= 0.3 is 0 Å². The summed E-state index contributed by atoms with van der Waals surface area (Å²) in [5.74, 6) is 0.199. The van der Waals surface area contributed by atoms with Gasteiger partial charge in [0.25, 0.3) is 11.5 Å². The zero-order chi connectivity index (χ0) is 21.5. The largest absolute Gasteiger partial charge is 0.393 e. The number of piperidine rings is 1. The van der Waals surface area contributed by atoms with E-state index in [1.54, 1.807) is 11.1 Å². The summed E-state index contributed by atoms with van der Waals surface area (Å²) in [4.78, 5) is 44.9. The van der Waals surface area contributed by atoms with Gasteiger partial charge in [0, 0.05) is 38.3 Å². The van der Waals surface area contributed by atoms with E-state index in [1.165, 1.54) is 5.56 Å². The standard InChI is InChI=1S/C24H27N3O4/c28-17-6-9-26(10-7-17)24(31)21-18-8-11-27(14-16(18)13-25-22(21)29)23(30)20-12-19(20)15-4-2-1-3-5-15/h1-5,13,17,19-20,28H,6-12,14H2,(H,25,29)/t19-,20+/m0/s1. The third-order valence-electron chi connectivity index (χ3n) is 6.90. The first-order chi connectivity index (χ1) is 15.0. The first kappa shape index (κ1) is 20.0. The molecule has 31 heavy (non-hydrogen) atoms. The van der Waals surface area contributed by atoms with Crippen molar-refractivity contribution in [3.8, 4) is 0 Å². The fourth-order valence-corrected chi connectivity index (χ4v) is 4.98. The van der Waals surface area contributed by atoms with Crippen LogP contribution in [0.5, 0.6) is 0 Å². The molecule has 1 saturated heterocycles. The number of hydrogen-bond acceptors (Lipinski definition) is 4. The maximum Gasteiger partial charge on any atom is 0.261 e. The van der Waals surface area contributed by atoms with Crippen molar-refractivity contribution < 1.29 is 14.7 Å². The highest BCUT2D eigenvalue weighted by Crippen LogP contribution is 2.48. The highest BCUT2D eigenvalue weighted by atomic mass is 16.3. The van der Waals surface area contributed by atoms with E-state index in [1.807, 2.05) is 23.1 Å². The van der Waals surface area contributed by atoms with Gasteiger partial charge in [0.1, 0.15) is 5.56 Å².